The zero-order chi connectivity index (χ0) is 18.7. The minimum absolute atomic E-state index is 0.0223. The topological polar surface area (TPSA) is 0 Å². The van der Waals surface area contributed by atoms with E-state index in [1.165, 1.54) is 0 Å². The molecule has 0 radical (unpaired) electrons. The summed E-state index contributed by atoms with van der Waals surface area (Å²) in [5.74, 6) is -1.32. The molecular formula is C23H27F3. The van der Waals surface area contributed by atoms with E-state index in [9.17, 15) is 13.2 Å². The fourth-order valence-electron chi connectivity index (χ4n) is 4.25. The zero-order valence-corrected chi connectivity index (χ0v) is 15.6. The minimum Gasteiger partial charge on any atom is -0.207 e. The van der Waals surface area contributed by atoms with Gasteiger partial charge in [0.1, 0.15) is 5.82 Å². The van der Waals surface area contributed by atoms with Crippen LogP contribution in [0.1, 0.15) is 80.0 Å². The van der Waals surface area contributed by atoms with Crippen molar-refractivity contribution in [3.05, 3.63) is 70.0 Å². The molecule has 0 heterocycles. The van der Waals surface area contributed by atoms with Gasteiger partial charge in [0.15, 0.2) is 11.6 Å². The SMILES string of the molecule is CCCc1ccc(C2CCC(c3ccc(CC)c(F)c3F)CC2)c(F)c1. The third kappa shape index (κ3) is 3.82. The van der Waals surface area contributed by atoms with Gasteiger partial charge in [-0.05, 0) is 78.7 Å². The summed E-state index contributed by atoms with van der Waals surface area (Å²) >= 11 is 0. The molecule has 2 aromatic carbocycles. The van der Waals surface area contributed by atoms with E-state index in [1.54, 1.807) is 18.2 Å². The summed E-state index contributed by atoms with van der Waals surface area (Å²) in [4.78, 5) is 0. The molecule has 3 rings (SSSR count). The molecule has 0 aromatic heterocycles. The molecule has 1 fully saturated rings. The maximum absolute atomic E-state index is 14.5. The Balaban J connectivity index is 1.71. The number of aryl methyl sites for hydroxylation is 2. The Morgan fingerprint density at radius 1 is 0.808 bits per heavy atom. The molecule has 0 nitrogen and oxygen atoms in total. The van der Waals surface area contributed by atoms with Gasteiger partial charge in [-0.2, -0.15) is 0 Å². The predicted molar refractivity (Wildman–Crippen MR) is 100 cm³/mol. The smallest absolute Gasteiger partial charge is 0.162 e. The van der Waals surface area contributed by atoms with Crippen molar-refractivity contribution < 1.29 is 13.2 Å². The van der Waals surface area contributed by atoms with E-state index in [0.717, 1.165) is 49.7 Å². The van der Waals surface area contributed by atoms with Crippen LogP contribution in [0.2, 0.25) is 0 Å². The van der Waals surface area contributed by atoms with Gasteiger partial charge in [-0.1, -0.05) is 44.5 Å². The maximum Gasteiger partial charge on any atom is 0.162 e. The number of benzene rings is 2. The summed E-state index contributed by atoms with van der Waals surface area (Å²) in [5, 5.41) is 0. The van der Waals surface area contributed by atoms with Crippen LogP contribution in [-0.4, -0.2) is 0 Å². The molecule has 0 amide bonds. The minimum atomic E-state index is -0.704. The molecule has 1 saturated carbocycles. The van der Waals surface area contributed by atoms with E-state index in [-0.39, 0.29) is 17.7 Å². The van der Waals surface area contributed by atoms with Crippen LogP contribution in [0.25, 0.3) is 0 Å². The van der Waals surface area contributed by atoms with Gasteiger partial charge in [-0.15, -0.1) is 0 Å². The average Bonchev–Trinajstić information content (AvgIpc) is 2.65. The monoisotopic (exact) mass is 360 g/mol. The molecule has 0 saturated heterocycles. The lowest BCUT2D eigenvalue weighted by Gasteiger charge is -2.30. The Morgan fingerprint density at radius 3 is 2.00 bits per heavy atom. The van der Waals surface area contributed by atoms with Crippen LogP contribution in [0.15, 0.2) is 30.3 Å². The fourth-order valence-corrected chi connectivity index (χ4v) is 4.25. The van der Waals surface area contributed by atoms with Crippen LogP contribution in [0, 0.1) is 17.5 Å². The van der Waals surface area contributed by atoms with E-state index >= 15 is 0 Å². The summed E-state index contributed by atoms with van der Waals surface area (Å²) in [6, 6.07) is 9.03. The maximum atomic E-state index is 14.5. The summed E-state index contributed by atoms with van der Waals surface area (Å²) in [6.07, 6.45) is 5.54. The molecule has 26 heavy (non-hydrogen) atoms. The standard InChI is InChI=1S/C23H27F3/c1-3-5-15-6-12-19(21(24)14-15)17-7-9-18(10-8-17)20-13-11-16(4-2)22(25)23(20)26/h6,11-14,17-18H,3-5,7-10H2,1-2H3. The molecule has 2 aromatic rings. The summed E-state index contributed by atoms with van der Waals surface area (Å²) < 4.78 is 43.0. The van der Waals surface area contributed by atoms with Gasteiger partial charge in [-0.25, -0.2) is 13.2 Å². The third-order valence-electron chi connectivity index (χ3n) is 5.78. The zero-order valence-electron chi connectivity index (χ0n) is 15.6. The first-order valence-corrected chi connectivity index (χ1v) is 9.80. The third-order valence-corrected chi connectivity index (χ3v) is 5.78. The lowest BCUT2D eigenvalue weighted by molar-refractivity contribution is 0.374. The van der Waals surface area contributed by atoms with Gasteiger partial charge >= 0.3 is 0 Å². The fraction of sp³-hybridized carbons (Fsp3) is 0.478. The van der Waals surface area contributed by atoms with Crippen LogP contribution in [0.4, 0.5) is 13.2 Å². The highest BCUT2D eigenvalue weighted by Gasteiger charge is 2.28. The van der Waals surface area contributed by atoms with Crippen LogP contribution in [-0.2, 0) is 12.8 Å². The predicted octanol–water partition coefficient (Wildman–Crippen LogP) is 7.06. The molecule has 3 heteroatoms. The average molecular weight is 360 g/mol. The quantitative estimate of drug-likeness (QED) is 0.535. The molecule has 0 bridgehead atoms. The molecule has 0 atom stereocenters. The molecule has 0 N–H and O–H groups in total. The van der Waals surface area contributed by atoms with Gasteiger partial charge in [-0.3, -0.25) is 0 Å². The summed E-state index contributed by atoms with van der Waals surface area (Å²) in [7, 11) is 0. The first kappa shape index (κ1) is 19.0. The van der Waals surface area contributed by atoms with Crippen molar-refractivity contribution in [2.75, 3.05) is 0 Å². The van der Waals surface area contributed by atoms with Crippen LogP contribution < -0.4 is 0 Å². The number of hydrogen-bond acceptors (Lipinski definition) is 0. The van der Waals surface area contributed by atoms with Crippen molar-refractivity contribution in [2.24, 2.45) is 0 Å². The highest BCUT2D eigenvalue weighted by molar-refractivity contribution is 5.31. The Morgan fingerprint density at radius 2 is 1.42 bits per heavy atom. The molecule has 140 valence electrons. The Bertz CT molecular complexity index is 758. The van der Waals surface area contributed by atoms with Crippen molar-refractivity contribution in [2.45, 2.75) is 70.6 Å². The molecule has 1 aliphatic carbocycles. The van der Waals surface area contributed by atoms with E-state index in [2.05, 4.69) is 6.92 Å². The van der Waals surface area contributed by atoms with Crippen molar-refractivity contribution in [1.82, 2.24) is 0 Å². The Labute approximate surface area is 154 Å². The van der Waals surface area contributed by atoms with Crippen molar-refractivity contribution >= 4 is 0 Å². The van der Waals surface area contributed by atoms with E-state index < -0.39 is 11.6 Å². The molecule has 1 aliphatic rings. The number of rotatable bonds is 5. The van der Waals surface area contributed by atoms with Crippen molar-refractivity contribution in [3.8, 4) is 0 Å². The van der Waals surface area contributed by atoms with E-state index in [1.807, 2.05) is 19.1 Å². The normalized spacial score (nSPS) is 20.3. The number of hydrogen-bond donors (Lipinski definition) is 0. The van der Waals surface area contributed by atoms with Gasteiger partial charge in [0.05, 0.1) is 0 Å². The molecular weight excluding hydrogens is 333 g/mol. The van der Waals surface area contributed by atoms with Crippen LogP contribution in [0.3, 0.4) is 0 Å². The second kappa shape index (κ2) is 8.28. The molecule has 0 aliphatic heterocycles. The summed E-state index contributed by atoms with van der Waals surface area (Å²) in [6.45, 7) is 3.91. The highest BCUT2D eigenvalue weighted by Crippen LogP contribution is 2.42. The van der Waals surface area contributed by atoms with Crippen molar-refractivity contribution in [3.63, 3.8) is 0 Å². The van der Waals surface area contributed by atoms with Gasteiger partial charge in [0.25, 0.3) is 0 Å². The van der Waals surface area contributed by atoms with Crippen molar-refractivity contribution in [1.29, 1.82) is 0 Å². The van der Waals surface area contributed by atoms with Gasteiger partial charge < -0.3 is 0 Å². The van der Waals surface area contributed by atoms with E-state index in [4.69, 9.17) is 0 Å². The second-order valence-corrected chi connectivity index (χ2v) is 7.45. The molecule has 0 unspecified atom stereocenters. The Hall–Kier alpha value is -1.77. The lowest BCUT2D eigenvalue weighted by atomic mass is 9.75. The number of halogens is 3. The molecule has 0 spiro atoms. The first-order chi connectivity index (χ1) is 12.5. The highest BCUT2D eigenvalue weighted by atomic mass is 19.2. The first-order valence-electron chi connectivity index (χ1n) is 9.80. The van der Waals surface area contributed by atoms with Crippen LogP contribution >= 0.6 is 0 Å². The second-order valence-electron chi connectivity index (χ2n) is 7.45. The Kier molecular flexibility index (Phi) is 6.05. The van der Waals surface area contributed by atoms with E-state index in [0.29, 0.717) is 17.5 Å². The van der Waals surface area contributed by atoms with Crippen LogP contribution in [0.5, 0.6) is 0 Å². The summed E-state index contributed by atoms with van der Waals surface area (Å²) in [5.41, 5.74) is 2.72. The largest absolute Gasteiger partial charge is 0.207 e. The lowest BCUT2D eigenvalue weighted by Crippen LogP contribution is -2.15. The van der Waals surface area contributed by atoms with Gasteiger partial charge in [0, 0.05) is 0 Å². The van der Waals surface area contributed by atoms with Gasteiger partial charge in [0.2, 0.25) is 0 Å².